The lowest BCUT2D eigenvalue weighted by atomic mass is 10.1. The van der Waals surface area contributed by atoms with Crippen LogP contribution in [0.3, 0.4) is 0 Å². The molecule has 1 atom stereocenters. The lowest BCUT2D eigenvalue weighted by Gasteiger charge is -2.31. The van der Waals surface area contributed by atoms with E-state index in [9.17, 15) is 8.42 Å². The largest absolute Gasteiger partial charge is 0.497 e. The van der Waals surface area contributed by atoms with E-state index in [1.807, 2.05) is 0 Å². The maximum atomic E-state index is 12.6. The lowest BCUT2D eigenvalue weighted by Crippen LogP contribution is -2.42. The Labute approximate surface area is 119 Å². The molecule has 1 saturated heterocycles. The van der Waals surface area contributed by atoms with Gasteiger partial charge in [0.2, 0.25) is 10.0 Å². The Bertz CT molecular complexity index is 574. The smallest absolute Gasteiger partial charge is 0.245 e. The van der Waals surface area contributed by atoms with Crippen LogP contribution in [-0.2, 0) is 14.8 Å². The fourth-order valence-corrected chi connectivity index (χ4v) is 3.95. The van der Waals surface area contributed by atoms with Crippen LogP contribution in [0.5, 0.6) is 5.75 Å². The van der Waals surface area contributed by atoms with Gasteiger partial charge in [0.15, 0.2) is 0 Å². The second kappa shape index (κ2) is 5.99. The summed E-state index contributed by atoms with van der Waals surface area (Å²) in [5, 5.41) is 0. The molecular formula is C13H20N2O4S. The maximum absolute atomic E-state index is 12.6. The topological polar surface area (TPSA) is 81.9 Å². The Morgan fingerprint density at radius 3 is 2.70 bits per heavy atom. The van der Waals surface area contributed by atoms with Crippen LogP contribution in [0.4, 0.5) is 5.69 Å². The summed E-state index contributed by atoms with van der Waals surface area (Å²) in [6.45, 7) is 0.859. The van der Waals surface area contributed by atoms with Crippen LogP contribution in [0, 0.1) is 0 Å². The molecule has 1 aliphatic rings. The summed E-state index contributed by atoms with van der Waals surface area (Å²) in [6, 6.07) is 4.60. The normalized spacial score (nSPS) is 20.8. The molecule has 0 saturated carbocycles. The second-order valence-corrected chi connectivity index (χ2v) is 6.67. The Morgan fingerprint density at radius 1 is 1.35 bits per heavy atom. The van der Waals surface area contributed by atoms with Crippen LogP contribution in [-0.4, -0.2) is 46.1 Å². The van der Waals surface area contributed by atoms with Crippen molar-refractivity contribution in [2.75, 3.05) is 33.0 Å². The van der Waals surface area contributed by atoms with Crippen molar-refractivity contribution in [2.24, 2.45) is 0 Å². The summed E-state index contributed by atoms with van der Waals surface area (Å²) in [4.78, 5) is 0.120. The third-order valence-corrected chi connectivity index (χ3v) is 5.45. The predicted molar refractivity (Wildman–Crippen MR) is 76.2 cm³/mol. The van der Waals surface area contributed by atoms with Crippen molar-refractivity contribution in [1.29, 1.82) is 0 Å². The van der Waals surface area contributed by atoms with Crippen LogP contribution in [0.2, 0.25) is 0 Å². The highest BCUT2D eigenvalue weighted by atomic mass is 32.2. The summed E-state index contributed by atoms with van der Waals surface area (Å²) in [6.07, 6.45) is 1.60. The van der Waals surface area contributed by atoms with Gasteiger partial charge >= 0.3 is 0 Å². The molecule has 112 valence electrons. The van der Waals surface area contributed by atoms with Gasteiger partial charge < -0.3 is 15.2 Å². The first-order valence-electron chi connectivity index (χ1n) is 6.45. The highest BCUT2D eigenvalue weighted by Gasteiger charge is 2.31. The van der Waals surface area contributed by atoms with Crippen molar-refractivity contribution in [3.63, 3.8) is 0 Å². The average Bonchev–Trinajstić information content (AvgIpc) is 2.46. The van der Waals surface area contributed by atoms with Gasteiger partial charge in [0.05, 0.1) is 18.9 Å². The highest BCUT2D eigenvalue weighted by molar-refractivity contribution is 7.89. The number of sulfonamides is 1. The van der Waals surface area contributed by atoms with Crippen molar-refractivity contribution in [3.8, 4) is 5.75 Å². The molecule has 1 aliphatic heterocycles. The molecule has 2 rings (SSSR count). The Morgan fingerprint density at radius 2 is 2.10 bits per heavy atom. The van der Waals surface area contributed by atoms with Crippen LogP contribution in [0.15, 0.2) is 23.1 Å². The number of rotatable bonds is 4. The molecule has 0 spiro atoms. The fraction of sp³-hybridized carbons (Fsp3) is 0.538. The molecule has 0 aliphatic carbocycles. The zero-order valence-electron chi connectivity index (χ0n) is 11.7. The third kappa shape index (κ3) is 2.89. The van der Waals surface area contributed by atoms with E-state index in [1.165, 1.54) is 23.5 Å². The fourth-order valence-electron chi connectivity index (χ4n) is 2.34. The molecule has 0 aromatic heterocycles. The number of benzene rings is 1. The quantitative estimate of drug-likeness (QED) is 0.841. The Kier molecular flexibility index (Phi) is 4.52. The van der Waals surface area contributed by atoms with Gasteiger partial charge in [-0.1, -0.05) is 0 Å². The molecule has 6 nitrogen and oxygen atoms in total. The van der Waals surface area contributed by atoms with Crippen molar-refractivity contribution >= 4 is 15.7 Å². The number of hydrogen-bond acceptors (Lipinski definition) is 5. The molecule has 1 unspecified atom stereocenters. The zero-order valence-corrected chi connectivity index (χ0v) is 12.5. The van der Waals surface area contributed by atoms with E-state index in [-0.39, 0.29) is 16.7 Å². The number of nitrogens with two attached hydrogens (primary N) is 1. The third-order valence-electron chi connectivity index (χ3n) is 3.51. The van der Waals surface area contributed by atoms with Gasteiger partial charge in [-0.3, -0.25) is 0 Å². The van der Waals surface area contributed by atoms with Gasteiger partial charge in [0.25, 0.3) is 0 Å². The minimum Gasteiger partial charge on any atom is -0.497 e. The number of methoxy groups -OCH3 is 2. The molecule has 1 heterocycles. The molecule has 0 bridgehead atoms. The van der Waals surface area contributed by atoms with Crippen LogP contribution >= 0.6 is 0 Å². The Balaban J connectivity index is 2.30. The summed E-state index contributed by atoms with van der Waals surface area (Å²) in [7, 11) is -0.478. The standard InChI is InChI=1S/C13H20N2O4S/c1-18-10-5-6-13(12(14)8-10)20(16,17)15-7-3-4-11(9-15)19-2/h5-6,8,11H,3-4,7,9,14H2,1-2H3. The predicted octanol–water partition coefficient (Wildman–Crippen LogP) is 1.08. The van der Waals surface area contributed by atoms with E-state index in [0.717, 1.165) is 12.8 Å². The number of nitrogens with zero attached hydrogens (tertiary/aromatic N) is 1. The molecule has 0 amide bonds. The molecule has 2 N–H and O–H groups in total. The van der Waals surface area contributed by atoms with Gasteiger partial charge in [-0.25, -0.2) is 8.42 Å². The number of anilines is 1. The summed E-state index contributed by atoms with van der Waals surface area (Å²) >= 11 is 0. The minimum atomic E-state index is -3.59. The van der Waals surface area contributed by atoms with Crippen LogP contribution < -0.4 is 10.5 Å². The molecule has 1 aromatic rings. The van der Waals surface area contributed by atoms with E-state index in [4.69, 9.17) is 15.2 Å². The van der Waals surface area contributed by atoms with E-state index in [0.29, 0.717) is 18.8 Å². The van der Waals surface area contributed by atoms with Crippen LogP contribution in [0.1, 0.15) is 12.8 Å². The van der Waals surface area contributed by atoms with Crippen molar-refractivity contribution in [3.05, 3.63) is 18.2 Å². The Hall–Kier alpha value is -1.31. The molecule has 20 heavy (non-hydrogen) atoms. The summed E-state index contributed by atoms with van der Waals surface area (Å²) in [5.41, 5.74) is 6.04. The second-order valence-electron chi connectivity index (χ2n) is 4.77. The van der Waals surface area contributed by atoms with E-state index in [1.54, 1.807) is 13.2 Å². The van der Waals surface area contributed by atoms with E-state index < -0.39 is 10.0 Å². The van der Waals surface area contributed by atoms with Gasteiger partial charge in [0.1, 0.15) is 10.6 Å². The maximum Gasteiger partial charge on any atom is 0.245 e. The number of hydrogen-bond donors (Lipinski definition) is 1. The first-order chi connectivity index (χ1) is 9.48. The van der Waals surface area contributed by atoms with Crippen molar-refractivity contribution < 1.29 is 17.9 Å². The van der Waals surface area contributed by atoms with Gasteiger partial charge in [-0.2, -0.15) is 4.31 Å². The molecule has 1 aromatic carbocycles. The highest BCUT2D eigenvalue weighted by Crippen LogP contribution is 2.28. The first-order valence-corrected chi connectivity index (χ1v) is 7.89. The molecule has 1 fully saturated rings. The summed E-state index contributed by atoms with van der Waals surface area (Å²) in [5.74, 6) is 0.537. The van der Waals surface area contributed by atoms with Gasteiger partial charge in [0, 0.05) is 26.3 Å². The molecular weight excluding hydrogens is 280 g/mol. The van der Waals surface area contributed by atoms with Crippen molar-refractivity contribution in [1.82, 2.24) is 4.31 Å². The lowest BCUT2D eigenvalue weighted by molar-refractivity contribution is 0.0572. The average molecular weight is 300 g/mol. The SMILES string of the molecule is COc1ccc(S(=O)(=O)N2CCCC(OC)C2)c(N)c1. The molecule has 7 heteroatoms. The molecule has 0 radical (unpaired) electrons. The number of nitrogen functional groups attached to an aromatic ring is 1. The van der Waals surface area contributed by atoms with E-state index in [2.05, 4.69) is 0 Å². The van der Waals surface area contributed by atoms with E-state index >= 15 is 0 Å². The number of ether oxygens (including phenoxy) is 2. The van der Waals surface area contributed by atoms with Crippen molar-refractivity contribution in [2.45, 2.75) is 23.8 Å². The monoisotopic (exact) mass is 300 g/mol. The van der Waals surface area contributed by atoms with Crippen LogP contribution in [0.25, 0.3) is 0 Å². The number of piperidine rings is 1. The minimum absolute atomic E-state index is 0.0574. The summed E-state index contributed by atoms with van der Waals surface area (Å²) < 4.78 is 37.0. The zero-order chi connectivity index (χ0) is 14.8. The van der Waals surface area contributed by atoms with Gasteiger partial charge in [-0.05, 0) is 25.0 Å². The first kappa shape index (κ1) is 15.1. The van der Waals surface area contributed by atoms with Gasteiger partial charge in [-0.15, -0.1) is 0 Å².